The Kier molecular flexibility index (Phi) is 3.48. The number of furan rings is 1. The van der Waals surface area contributed by atoms with Gasteiger partial charge >= 0.3 is 0 Å². The van der Waals surface area contributed by atoms with Crippen LogP contribution in [0.15, 0.2) is 59.2 Å². The van der Waals surface area contributed by atoms with Gasteiger partial charge in [0.05, 0.1) is 12.1 Å². The number of nitrogens with zero attached hydrogens (tertiary/aromatic N) is 1. The minimum atomic E-state index is 0.0608. The van der Waals surface area contributed by atoms with Crippen molar-refractivity contribution in [2.75, 3.05) is 18.5 Å². The smallest absolute Gasteiger partial charge is 0.185 e. The fraction of sp³-hybridized carbons (Fsp3) is 0.167. The van der Waals surface area contributed by atoms with E-state index < -0.39 is 0 Å². The number of ketones is 1. The lowest BCUT2D eigenvalue weighted by Gasteiger charge is -2.20. The van der Waals surface area contributed by atoms with Crippen molar-refractivity contribution in [1.82, 2.24) is 0 Å². The summed E-state index contributed by atoms with van der Waals surface area (Å²) in [5, 5.41) is 0.876. The Labute approximate surface area is 123 Å². The van der Waals surface area contributed by atoms with Crippen LogP contribution in [-0.4, -0.2) is 19.4 Å². The molecule has 0 N–H and O–H groups in total. The third-order valence-corrected chi connectivity index (χ3v) is 3.69. The largest absolute Gasteiger partial charge is 0.464 e. The highest BCUT2D eigenvalue weighted by Crippen LogP contribution is 2.23. The van der Waals surface area contributed by atoms with E-state index in [1.54, 1.807) is 6.26 Å². The summed E-state index contributed by atoms with van der Waals surface area (Å²) in [4.78, 5) is 14.5. The van der Waals surface area contributed by atoms with Crippen LogP contribution in [0, 0.1) is 6.92 Å². The zero-order valence-electron chi connectivity index (χ0n) is 12.2. The number of carbonyl (C=O) groups is 1. The molecule has 0 fully saturated rings. The zero-order valence-corrected chi connectivity index (χ0v) is 12.2. The molecule has 0 saturated heterocycles. The minimum Gasteiger partial charge on any atom is -0.464 e. The van der Waals surface area contributed by atoms with E-state index in [-0.39, 0.29) is 5.78 Å². The molecule has 0 aliphatic carbocycles. The minimum absolute atomic E-state index is 0.0608. The van der Waals surface area contributed by atoms with E-state index in [4.69, 9.17) is 4.42 Å². The van der Waals surface area contributed by atoms with Crippen LogP contribution in [0.5, 0.6) is 0 Å². The molecule has 1 aromatic heterocycles. The molecule has 0 spiro atoms. The SMILES string of the molecule is Cc1ccccc1N(C)CC(=O)c1coc2ccccc12. The van der Waals surface area contributed by atoms with Crippen LogP contribution in [0.3, 0.4) is 0 Å². The maximum Gasteiger partial charge on any atom is 0.185 e. The molecule has 3 aromatic rings. The molecule has 0 aliphatic rings. The molecule has 2 aromatic carbocycles. The van der Waals surface area contributed by atoms with Gasteiger partial charge in [0.2, 0.25) is 0 Å². The van der Waals surface area contributed by atoms with Gasteiger partial charge in [-0.05, 0) is 24.6 Å². The first-order chi connectivity index (χ1) is 10.2. The van der Waals surface area contributed by atoms with Crippen molar-refractivity contribution in [3.8, 4) is 0 Å². The van der Waals surface area contributed by atoms with Crippen LogP contribution in [0.25, 0.3) is 11.0 Å². The van der Waals surface area contributed by atoms with E-state index in [9.17, 15) is 4.79 Å². The second-order valence-electron chi connectivity index (χ2n) is 5.21. The summed E-state index contributed by atoms with van der Waals surface area (Å²) < 4.78 is 5.44. The van der Waals surface area contributed by atoms with Crippen molar-refractivity contribution >= 4 is 22.4 Å². The number of para-hydroxylation sites is 2. The van der Waals surface area contributed by atoms with Crippen LogP contribution >= 0.6 is 0 Å². The maximum absolute atomic E-state index is 12.5. The molecule has 0 radical (unpaired) electrons. The zero-order chi connectivity index (χ0) is 14.8. The molecule has 0 amide bonds. The third kappa shape index (κ3) is 2.55. The Hall–Kier alpha value is -2.55. The highest BCUT2D eigenvalue weighted by atomic mass is 16.3. The van der Waals surface area contributed by atoms with E-state index in [0.29, 0.717) is 12.1 Å². The Morgan fingerprint density at radius 2 is 1.81 bits per heavy atom. The van der Waals surface area contributed by atoms with Gasteiger partial charge in [0.25, 0.3) is 0 Å². The van der Waals surface area contributed by atoms with Gasteiger partial charge in [0.15, 0.2) is 5.78 Å². The molecule has 1 heterocycles. The van der Waals surface area contributed by atoms with E-state index in [2.05, 4.69) is 0 Å². The number of hydrogen-bond acceptors (Lipinski definition) is 3. The molecule has 106 valence electrons. The summed E-state index contributed by atoms with van der Waals surface area (Å²) in [6.45, 7) is 2.37. The van der Waals surface area contributed by atoms with Gasteiger partial charge in [0.1, 0.15) is 11.8 Å². The number of fused-ring (bicyclic) bond motifs is 1. The van der Waals surface area contributed by atoms with Crippen molar-refractivity contribution < 1.29 is 9.21 Å². The normalized spacial score (nSPS) is 10.8. The van der Waals surface area contributed by atoms with Crippen molar-refractivity contribution in [3.05, 3.63) is 65.9 Å². The van der Waals surface area contributed by atoms with Gasteiger partial charge in [-0.2, -0.15) is 0 Å². The van der Waals surface area contributed by atoms with Gasteiger partial charge < -0.3 is 9.32 Å². The summed E-state index contributed by atoms with van der Waals surface area (Å²) in [7, 11) is 1.93. The van der Waals surface area contributed by atoms with Crippen molar-refractivity contribution in [2.45, 2.75) is 6.92 Å². The van der Waals surface area contributed by atoms with Crippen LogP contribution in [-0.2, 0) is 0 Å². The Balaban J connectivity index is 1.85. The number of aryl methyl sites for hydroxylation is 1. The van der Waals surface area contributed by atoms with Gasteiger partial charge in [-0.1, -0.05) is 36.4 Å². The summed E-state index contributed by atoms with van der Waals surface area (Å²) in [5.41, 5.74) is 3.62. The lowest BCUT2D eigenvalue weighted by molar-refractivity contribution is 0.100. The molecule has 21 heavy (non-hydrogen) atoms. The average molecular weight is 279 g/mol. The molecular formula is C18H17NO2. The van der Waals surface area contributed by atoms with Crippen LogP contribution < -0.4 is 4.90 Å². The molecule has 0 saturated carbocycles. The molecule has 0 unspecified atom stereocenters. The van der Waals surface area contributed by atoms with Crippen molar-refractivity contribution in [3.63, 3.8) is 0 Å². The molecule has 3 nitrogen and oxygen atoms in total. The standard InChI is InChI=1S/C18H17NO2/c1-13-7-3-5-9-16(13)19(2)11-17(20)15-12-21-18-10-6-4-8-14(15)18/h3-10,12H,11H2,1-2H3. The summed E-state index contributed by atoms with van der Waals surface area (Å²) in [5.74, 6) is 0.0608. The predicted molar refractivity (Wildman–Crippen MR) is 85.0 cm³/mol. The van der Waals surface area contributed by atoms with Gasteiger partial charge in [-0.15, -0.1) is 0 Å². The quantitative estimate of drug-likeness (QED) is 0.675. The Bertz CT molecular complexity index is 789. The second-order valence-corrected chi connectivity index (χ2v) is 5.21. The van der Waals surface area contributed by atoms with Gasteiger partial charge in [-0.3, -0.25) is 4.79 Å². The Morgan fingerprint density at radius 1 is 1.10 bits per heavy atom. The summed E-state index contributed by atoms with van der Waals surface area (Å²) >= 11 is 0. The molecular weight excluding hydrogens is 262 g/mol. The first-order valence-corrected chi connectivity index (χ1v) is 6.93. The van der Waals surface area contributed by atoms with E-state index >= 15 is 0 Å². The number of hydrogen-bond donors (Lipinski definition) is 0. The van der Waals surface area contributed by atoms with Crippen LogP contribution in [0.4, 0.5) is 5.69 Å². The van der Waals surface area contributed by atoms with Crippen molar-refractivity contribution in [2.24, 2.45) is 0 Å². The molecule has 0 aliphatic heterocycles. The highest BCUT2D eigenvalue weighted by molar-refractivity contribution is 6.08. The molecule has 0 atom stereocenters. The fourth-order valence-electron chi connectivity index (χ4n) is 2.57. The molecule has 3 heteroatoms. The summed E-state index contributed by atoms with van der Waals surface area (Å²) in [6.07, 6.45) is 1.55. The fourth-order valence-corrected chi connectivity index (χ4v) is 2.57. The first-order valence-electron chi connectivity index (χ1n) is 6.93. The lowest BCUT2D eigenvalue weighted by Crippen LogP contribution is -2.26. The van der Waals surface area contributed by atoms with E-state index in [1.165, 1.54) is 0 Å². The van der Waals surface area contributed by atoms with Gasteiger partial charge in [0, 0.05) is 18.1 Å². The predicted octanol–water partition coefficient (Wildman–Crippen LogP) is 4.06. The topological polar surface area (TPSA) is 33.5 Å². The summed E-state index contributed by atoms with van der Waals surface area (Å²) in [6, 6.07) is 15.7. The number of benzene rings is 2. The number of likely N-dealkylation sites (N-methyl/N-ethyl adjacent to an activating group) is 1. The van der Waals surface area contributed by atoms with E-state index in [0.717, 1.165) is 22.2 Å². The number of anilines is 1. The number of carbonyl (C=O) groups excluding carboxylic acids is 1. The van der Waals surface area contributed by atoms with Crippen molar-refractivity contribution in [1.29, 1.82) is 0 Å². The third-order valence-electron chi connectivity index (χ3n) is 3.69. The Morgan fingerprint density at radius 3 is 2.62 bits per heavy atom. The van der Waals surface area contributed by atoms with Crippen LogP contribution in [0.1, 0.15) is 15.9 Å². The average Bonchev–Trinajstić information content (AvgIpc) is 2.91. The van der Waals surface area contributed by atoms with Gasteiger partial charge in [-0.25, -0.2) is 0 Å². The highest BCUT2D eigenvalue weighted by Gasteiger charge is 2.16. The maximum atomic E-state index is 12.5. The second kappa shape index (κ2) is 5.44. The first kappa shape index (κ1) is 13.4. The monoisotopic (exact) mass is 279 g/mol. The van der Waals surface area contributed by atoms with Crippen LogP contribution in [0.2, 0.25) is 0 Å². The molecule has 3 rings (SSSR count). The van der Waals surface area contributed by atoms with E-state index in [1.807, 2.05) is 67.4 Å². The number of rotatable bonds is 4. The number of Topliss-reactive ketones (excluding diaryl/α,β-unsaturated/α-hetero) is 1. The lowest BCUT2D eigenvalue weighted by atomic mass is 10.1. The molecule has 0 bridgehead atoms.